The van der Waals surface area contributed by atoms with Gasteiger partial charge in [0.2, 0.25) is 0 Å². The number of hydrogen-bond acceptors (Lipinski definition) is 0. The maximum absolute atomic E-state index is 6.20. The summed E-state index contributed by atoms with van der Waals surface area (Å²) in [4.78, 5) is 0. The standard InChI is InChI=1S/C9H13ClSi.Sn.2H/c1-11(2)9(10)8-6-4-3-5-7-8;;;/h3-7,9,11H,1-2H3;;;. The van der Waals surface area contributed by atoms with Crippen LogP contribution in [-0.4, -0.2) is 32.7 Å². The zero-order chi connectivity index (χ0) is 8.27. The Morgan fingerprint density at radius 1 is 1.17 bits per heavy atom. The van der Waals surface area contributed by atoms with E-state index in [2.05, 4.69) is 25.2 Å². The van der Waals surface area contributed by atoms with Crippen LogP contribution in [0.3, 0.4) is 0 Å². The molecule has 2 radical (unpaired) electrons. The number of benzene rings is 1. The summed E-state index contributed by atoms with van der Waals surface area (Å²) >= 11 is 6.20. The summed E-state index contributed by atoms with van der Waals surface area (Å²) in [5, 5.41) is 0.288. The van der Waals surface area contributed by atoms with Crippen LogP contribution in [0.4, 0.5) is 0 Å². The molecule has 0 aliphatic carbocycles. The molecule has 1 unspecified atom stereocenters. The Hall–Kier alpha value is 0.526. The molecule has 0 fully saturated rings. The normalized spacial score (nSPS) is 12.3. The van der Waals surface area contributed by atoms with Crippen LogP contribution in [0, 0.1) is 0 Å². The van der Waals surface area contributed by atoms with Crippen LogP contribution >= 0.6 is 11.6 Å². The fourth-order valence-electron chi connectivity index (χ4n) is 1.02. The summed E-state index contributed by atoms with van der Waals surface area (Å²) in [6.07, 6.45) is 0. The molecule has 0 aliphatic heterocycles. The first-order valence-electron chi connectivity index (χ1n) is 3.91. The van der Waals surface area contributed by atoms with Gasteiger partial charge in [0.1, 0.15) is 0 Å². The van der Waals surface area contributed by atoms with E-state index in [1.807, 2.05) is 18.2 Å². The second kappa shape index (κ2) is 6.05. The predicted octanol–water partition coefficient (Wildman–Crippen LogP) is 2.08. The van der Waals surface area contributed by atoms with Crippen molar-refractivity contribution in [1.29, 1.82) is 0 Å². The summed E-state index contributed by atoms with van der Waals surface area (Å²) in [5.74, 6) is 0. The second-order valence-corrected chi connectivity index (χ2v) is 7.10. The van der Waals surface area contributed by atoms with Crippen molar-refractivity contribution in [3.63, 3.8) is 0 Å². The molecular formula is C9H15ClSiSn. The van der Waals surface area contributed by atoms with Crippen molar-refractivity contribution in [2.75, 3.05) is 0 Å². The van der Waals surface area contributed by atoms with Gasteiger partial charge in [-0.2, -0.15) is 0 Å². The third-order valence-electron chi connectivity index (χ3n) is 1.70. The van der Waals surface area contributed by atoms with Gasteiger partial charge in [0, 0.05) is 5.00 Å². The van der Waals surface area contributed by atoms with E-state index < -0.39 is 8.80 Å². The van der Waals surface area contributed by atoms with Crippen molar-refractivity contribution in [2.24, 2.45) is 0 Å². The van der Waals surface area contributed by atoms with E-state index in [0.717, 1.165) is 0 Å². The molecule has 0 aromatic heterocycles. The van der Waals surface area contributed by atoms with Crippen molar-refractivity contribution >= 4 is 44.3 Å². The van der Waals surface area contributed by atoms with E-state index in [0.29, 0.717) is 0 Å². The third-order valence-corrected chi connectivity index (χ3v) is 5.02. The number of alkyl halides is 1. The van der Waals surface area contributed by atoms with Crippen LogP contribution in [-0.2, 0) is 0 Å². The molecule has 0 nitrogen and oxygen atoms in total. The first-order chi connectivity index (χ1) is 5.22. The number of rotatable bonds is 2. The summed E-state index contributed by atoms with van der Waals surface area (Å²) in [7, 11) is -0.726. The minimum absolute atomic E-state index is 0. The van der Waals surface area contributed by atoms with E-state index in [1.165, 1.54) is 5.56 Å². The second-order valence-electron chi connectivity index (χ2n) is 3.06. The molecule has 1 aromatic rings. The fourth-order valence-corrected chi connectivity index (χ4v) is 2.16. The molecule has 1 rings (SSSR count). The Balaban J connectivity index is 0.00000121. The molecule has 0 N–H and O–H groups in total. The van der Waals surface area contributed by atoms with Crippen molar-refractivity contribution in [1.82, 2.24) is 0 Å². The first kappa shape index (κ1) is 12.5. The topological polar surface area (TPSA) is 0 Å². The first-order valence-corrected chi connectivity index (χ1v) is 7.32. The van der Waals surface area contributed by atoms with Crippen molar-refractivity contribution < 1.29 is 0 Å². The van der Waals surface area contributed by atoms with Gasteiger partial charge in [-0.25, -0.2) is 0 Å². The van der Waals surface area contributed by atoms with Gasteiger partial charge in [-0.3, -0.25) is 0 Å². The summed E-state index contributed by atoms with van der Waals surface area (Å²) < 4.78 is 0. The molecule has 0 saturated heterocycles. The number of hydrogen-bond donors (Lipinski definition) is 0. The monoisotopic (exact) mass is 306 g/mol. The van der Waals surface area contributed by atoms with Gasteiger partial charge in [-0.05, 0) is 5.56 Å². The van der Waals surface area contributed by atoms with Gasteiger partial charge in [0.05, 0.1) is 8.80 Å². The van der Waals surface area contributed by atoms with Gasteiger partial charge in [-0.1, -0.05) is 43.4 Å². The maximum atomic E-state index is 6.20. The van der Waals surface area contributed by atoms with Gasteiger partial charge in [0.25, 0.3) is 0 Å². The summed E-state index contributed by atoms with van der Waals surface area (Å²) in [6.45, 7) is 4.54. The van der Waals surface area contributed by atoms with Gasteiger partial charge in [0.15, 0.2) is 0 Å². The molecule has 0 saturated carbocycles. The van der Waals surface area contributed by atoms with Gasteiger partial charge >= 0.3 is 23.9 Å². The van der Waals surface area contributed by atoms with Crippen molar-refractivity contribution in [2.45, 2.75) is 18.1 Å². The molecule has 1 aromatic carbocycles. The number of halogens is 1. The van der Waals surface area contributed by atoms with Crippen LogP contribution in [0.25, 0.3) is 0 Å². The molecular weight excluding hydrogens is 290 g/mol. The van der Waals surface area contributed by atoms with Crippen molar-refractivity contribution in [3.05, 3.63) is 35.9 Å². The summed E-state index contributed by atoms with van der Waals surface area (Å²) in [6, 6.07) is 10.3. The molecule has 0 heterocycles. The molecule has 0 aliphatic rings. The fraction of sp³-hybridized carbons (Fsp3) is 0.333. The van der Waals surface area contributed by atoms with Crippen LogP contribution in [0.5, 0.6) is 0 Å². The van der Waals surface area contributed by atoms with Crippen LogP contribution < -0.4 is 0 Å². The molecule has 0 bridgehead atoms. The van der Waals surface area contributed by atoms with E-state index in [9.17, 15) is 0 Å². The van der Waals surface area contributed by atoms with Gasteiger partial charge < -0.3 is 0 Å². The Bertz CT molecular complexity index is 213. The summed E-state index contributed by atoms with van der Waals surface area (Å²) in [5.41, 5.74) is 1.27. The van der Waals surface area contributed by atoms with Crippen molar-refractivity contribution in [3.8, 4) is 0 Å². The Kier molecular flexibility index (Phi) is 6.32. The average Bonchev–Trinajstić information content (AvgIpc) is 2.05. The molecule has 0 amide bonds. The van der Waals surface area contributed by atoms with Gasteiger partial charge in [-0.15, -0.1) is 11.6 Å². The Morgan fingerprint density at radius 2 is 1.67 bits per heavy atom. The van der Waals surface area contributed by atoms with E-state index >= 15 is 0 Å². The SMILES string of the molecule is C[SiH](C)C(Cl)c1ccccc1.[SnH2]. The van der Waals surface area contributed by atoms with E-state index in [1.54, 1.807) is 0 Å². The Labute approximate surface area is 97.9 Å². The zero-order valence-electron chi connectivity index (χ0n) is 7.63. The predicted molar refractivity (Wildman–Crippen MR) is 62.5 cm³/mol. The van der Waals surface area contributed by atoms with E-state index in [4.69, 9.17) is 11.6 Å². The molecule has 66 valence electrons. The van der Waals surface area contributed by atoms with E-state index in [-0.39, 0.29) is 28.9 Å². The molecule has 0 spiro atoms. The quantitative estimate of drug-likeness (QED) is 0.580. The molecule has 3 heteroatoms. The van der Waals surface area contributed by atoms with Crippen LogP contribution in [0.1, 0.15) is 10.6 Å². The average molecular weight is 305 g/mol. The zero-order valence-corrected chi connectivity index (χ0v) is 13.6. The third kappa shape index (κ3) is 3.50. The van der Waals surface area contributed by atoms with Crippen LogP contribution in [0.2, 0.25) is 13.1 Å². The Morgan fingerprint density at radius 3 is 2.08 bits per heavy atom. The molecule has 12 heavy (non-hydrogen) atoms. The molecule has 1 atom stereocenters. The van der Waals surface area contributed by atoms with Crippen LogP contribution in [0.15, 0.2) is 30.3 Å². The minimum atomic E-state index is -0.726.